The van der Waals surface area contributed by atoms with Gasteiger partial charge >= 0.3 is 170 Å². The molecular formula is C23H18N2O2Se. The van der Waals surface area contributed by atoms with Crippen molar-refractivity contribution in [2.75, 3.05) is 12.4 Å². The molecule has 1 heterocycles. The number of pyridine rings is 1. The van der Waals surface area contributed by atoms with Crippen LogP contribution in [0.1, 0.15) is 10.5 Å². The van der Waals surface area contributed by atoms with Crippen LogP contribution in [0.2, 0.25) is 0 Å². The fourth-order valence-electron chi connectivity index (χ4n) is 2.95. The molecule has 0 saturated heterocycles. The molecule has 0 fully saturated rings. The molecule has 0 aliphatic heterocycles. The molecule has 1 amide bonds. The van der Waals surface area contributed by atoms with Crippen molar-refractivity contribution < 1.29 is 9.53 Å². The minimum absolute atomic E-state index is 0.0949. The molecule has 4 rings (SSSR count). The molecule has 0 atom stereocenters. The van der Waals surface area contributed by atoms with Gasteiger partial charge in [0.05, 0.1) is 0 Å². The SMILES string of the molecule is COc1ccc([Se]c2cccc3cccc(NC(=O)c4ccccn4)c23)cc1. The van der Waals surface area contributed by atoms with Gasteiger partial charge in [-0.25, -0.2) is 0 Å². The van der Waals surface area contributed by atoms with Crippen molar-refractivity contribution in [1.82, 2.24) is 4.98 Å². The maximum absolute atomic E-state index is 12.6. The number of fused-ring (bicyclic) bond motifs is 1. The summed E-state index contributed by atoms with van der Waals surface area (Å²) >= 11 is 0.0949. The van der Waals surface area contributed by atoms with Crippen molar-refractivity contribution in [3.8, 4) is 5.75 Å². The maximum atomic E-state index is 12.6. The Morgan fingerprint density at radius 1 is 0.929 bits per heavy atom. The Morgan fingerprint density at radius 2 is 1.71 bits per heavy atom. The molecule has 0 saturated carbocycles. The number of anilines is 1. The van der Waals surface area contributed by atoms with E-state index in [9.17, 15) is 4.79 Å². The van der Waals surface area contributed by atoms with E-state index in [2.05, 4.69) is 46.7 Å². The van der Waals surface area contributed by atoms with Gasteiger partial charge in [-0.05, 0) is 0 Å². The van der Waals surface area contributed by atoms with E-state index >= 15 is 0 Å². The van der Waals surface area contributed by atoms with E-state index in [1.807, 2.05) is 30.3 Å². The van der Waals surface area contributed by atoms with Crippen molar-refractivity contribution in [2.45, 2.75) is 0 Å². The van der Waals surface area contributed by atoms with Crippen molar-refractivity contribution >= 4 is 46.2 Å². The Kier molecular flexibility index (Phi) is 5.38. The molecule has 4 aromatic rings. The summed E-state index contributed by atoms with van der Waals surface area (Å²) in [6.07, 6.45) is 1.62. The van der Waals surface area contributed by atoms with Crippen LogP contribution in [0.15, 0.2) is 85.1 Å². The Hall–Kier alpha value is -3.14. The number of carbonyl (C=O) groups excluding carboxylic acids is 1. The number of hydrogen-bond donors (Lipinski definition) is 1. The zero-order valence-corrected chi connectivity index (χ0v) is 17.0. The average molecular weight is 433 g/mol. The summed E-state index contributed by atoms with van der Waals surface area (Å²) in [6.45, 7) is 0. The molecule has 4 nitrogen and oxygen atoms in total. The summed E-state index contributed by atoms with van der Waals surface area (Å²) in [6, 6.07) is 25.7. The Bertz CT molecular complexity index is 1110. The summed E-state index contributed by atoms with van der Waals surface area (Å²) < 4.78 is 7.71. The van der Waals surface area contributed by atoms with Gasteiger partial charge in [0.2, 0.25) is 0 Å². The first kappa shape index (κ1) is 18.2. The minimum atomic E-state index is -0.208. The molecule has 0 aliphatic rings. The van der Waals surface area contributed by atoms with Gasteiger partial charge in [-0.1, -0.05) is 0 Å². The Labute approximate surface area is 169 Å². The van der Waals surface area contributed by atoms with E-state index in [4.69, 9.17) is 4.74 Å². The van der Waals surface area contributed by atoms with Crippen LogP contribution >= 0.6 is 0 Å². The number of aromatic nitrogens is 1. The van der Waals surface area contributed by atoms with E-state index in [0.29, 0.717) is 5.69 Å². The van der Waals surface area contributed by atoms with Crippen LogP contribution in [0.25, 0.3) is 10.8 Å². The predicted octanol–water partition coefficient (Wildman–Crippen LogP) is 3.15. The van der Waals surface area contributed by atoms with Crippen molar-refractivity contribution in [1.29, 1.82) is 0 Å². The monoisotopic (exact) mass is 434 g/mol. The molecule has 1 N–H and O–H groups in total. The third kappa shape index (κ3) is 3.91. The number of hydrogen-bond acceptors (Lipinski definition) is 3. The summed E-state index contributed by atoms with van der Waals surface area (Å²) in [7, 11) is 1.67. The van der Waals surface area contributed by atoms with Crippen LogP contribution in [0.5, 0.6) is 5.75 Å². The van der Waals surface area contributed by atoms with Gasteiger partial charge in [-0.3, -0.25) is 0 Å². The molecule has 1 aromatic heterocycles. The topological polar surface area (TPSA) is 51.2 Å². The van der Waals surface area contributed by atoms with E-state index < -0.39 is 0 Å². The first-order valence-electron chi connectivity index (χ1n) is 8.80. The molecule has 138 valence electrons. The number of rotatable bonds is 5. The average Bonchev–Trinajstić information content (AvgIpc) is 2.75. The fraction of sp³-hybridized carbons (Fsp3) is 0.0435. The molecule has 3 aromatic carbocycles. The van der Waals surface area contributed by atoms with Crippen LogP contribution in [0.3, 0.4) is 0 Å². The van der Waals surface area contributed by atoms with E-state index in [0.717, 1.165) is 22.2 Å². The summed E-state index contributed by atoms with van der Waals surface area (Å²) in [4.78, 5) is 16.8. The van der Waals surface area contributed by atoms with Crippen LogP contribution in [-0.4, -0.2) is 33.0 Å². The van der Waals surface area contributed by atoms with Crippen LogP contribution < -0.4 is 19.0 Å². The molecule has 5 heteroatoms. The third-order valence-corrected chi connectivity index (χ3v) is 6.54. The first-order valence-corrected chi connectivity index (χ1v) is 10.5. The Morgan fingerprint density at radius 3 is 2.43 bits per heavy atom. The van der Waals surface area contributed by atoms with E-state index in [1.165, 1.54) is 8.92 Å². The number of carbonyl (C=O) groups is 1. The summed E-state index contributed by atoms with van der Waals surface area (Å²) in [5.74, 6) is 0.639. The van der Waals surface area contributed by atoms with Gasteiger partial charge < -0.3 is 0 Å². The standard InChI is InChI=1S/C23H18N2O2Se/c1-27-17-11-13-18(14-12-17)28-21-10-5-7-16-6-4-9-19(22(16)21)25-23(26)20-8-2-3-15-24-20/h2-15H,1H3,(H,25,26). The Balaban J connectivity index is 1.70. The number of benzene rings is 3. The van der Waals surface area contributed by atoms with E-state index in [-0.39, 0.29) is 20.9 Å². The normalized spacial score (nSPS) is 10.6. The van der Waals surface area contributed by atoms with Gasteiger partial charge in [-0.2, -0.15) is 0 Å². The van der Waals surface area contributed by atoms with Gasteiger partial charge in [0.15, 0.2) is 0 Å². The van der Waals surface area contributed by atoms with Gasteiger partial charge in [0, 0.05) is 0 Å². The molecule has 0 unspecified atom stereocenters. The third-order valence-electron chi connectivity index (χ3n) is 4.30. The van der Waals surface area contributed by atoms with E-state index in [1.54, 1.807) is 25.4 Å². The second kappa shape index (κ2) is 8.26. The first-order chi connectivity index (χ1) is 13.7. The number of methoxy groups -OCH3 is 1. The summed E-state index contributed by atoms with van der Waals surface area (Å²) in [5, 5.41) is 5.21. The van der Waals surface area contributed by atoms with Crippen LogP contribution in [0, 0.1) is 0 Å². The molecule has 28 heavy (non-hydrogen) atoms. The molecule has 0 radical (unpaired) electrons. The predicted molar refractivity (Wildman–Crippen MR) is 114 cm³/mol. The number of amides is 1. The van der Waals surface area contributed by atoms with Crippen molar-refractivity contribution in [3.05, 3.63) is 90.8 Å². The molecular weight excluding hydrogens is 415 g/mol. The number of nitrogens with zero attached hydrogens (tertiary/aromatic N) is 1. The van der Waals surface area contributed by atoms with Gasteiger partial charge in [-0.15, -0.1) is 0 Å². The number of nitrogens with one attached hydrogen (secondary N) is 1. The zero-order chi connectivity index (χ0) is 19.3. The molecule has 0 spiro atoms. The van der Waals surface area contributed by atoms with Crippen molar-refractivity contribution in [3.63, 3.8) is 0 Å². The van der Waals surface area contributed by atoms with Gasteiger partial charge in [0.25, 0.3) is 0 Å². The van der Waals surface area contributed by atoms with Gasteiger partial charge in [0.1, 0.15) is 0 Å². The fourth-order valence-corrected chi connectivity index (χ4v) is 5.05. The quantitative estimate of drug-likeness (QED) is 0.492. The second-order valence-electron chi connectivity index (χ2n) is 6.11. The second-order valence-corrected chi connectivity index (χ2v) is 8.45. The zero-order valence-electron chi connectivity index (χ0n) is 15.3. The summed E-state index contributed by atoms with van der Waals surface area (Å²) in [5.41, 5.74) is 1.21. The van der Waals surface area contributed by atoms with Crippen molar-refractivity contribution in [2.24, 2.45) is 0 Å². The molecule has 0 bridgehead atoms. The van der Waals surface area contributed by atoms with Crippen LogP contribution in [0.4, 0.5) is 5.69 Å². The van der Waals surface area contributed by atoms with Crippen LogP contribution in [-0.2, 0) is 0 Å². The number of ether oxygens (including phenoxy) is 1. The molecule has 0 aliphatic carbocycles.